The lowest BCUT2D eigenvalue weighted by Crippen LogP contribution is -2.14. The van der Waals surface area contributed by atoms with Crippen LogP contribution in [0.3, 0.4) is 0 Å². The molecule has 0 aliphatic heterocycles. The van der Waals surface area contributed by atoms with Crippen LogP contribution in [0, 0.1) is 12.8 Å². The van der Waals surface area contributed by atoms with Crippen molar-refractivity contribution in [1.82, 2.24) is 9.36 Å². The van der Waals surface area contributed by atoms with Gasteiger partial charge in [-0.05, 0) is 12.8 Å². The van der Waals surface area contributed by atoms with Crippen molar-refractivity contribution in [3.63, 3.8) is 0 Å². The summed E-state index contributed by atoms with van der Waals surface area (Å²) >= 11 is 1.35. The van der Waals surface area contributed by atoms with Crippen LogP contribution in [0.15, 0.2) is 0 Å². The summed E-state index contributed by atoms with van der Waals surface area (Å²) in [5.74, 6) is 1.05. The van der Waals surface area contributed by atoms with Gasteiger partial charge in [-0.1, -0.05) is 6.92 Å². The number of rotatable bonds is 4. The second kappa shape index (κ2) is 4.37. The third-order valence-corrected chi connectivity index (χ3v) is 2.21. The number of aryl methyl sites for hydroxylation is 1. The summed E-state index contributed by atoms with van der Waals surface area (Å²) in [5, 5.41) is 12.7. The van der Waals surface area contributed by atoms with E-state index in [0.29, 0.717) is 0 Å². The SMILES string of the molecule is Cc1nsc(NCC(C)CO)n1. The van der Waals surface area contributed by atoms with Crippen LogP contribution in [0.25, 0.3) is 0 Å². The smallest absolute Gasteiger partial charge is 0.202 e. The fourth-order valence-electron chi connectivity index (χ4n) is 0.695. The molecule has 1 unspecified atom stereocenters. The summed E-state index contributed by atoms with van der Waals surface area (Å²) in [6, 6.07) is 0. The van der Waals surface area contributed by atoms with Crippen LogP contribution >= 0.6 is 11.5 Å². The van der Waals surface area contributed by atoms with E-state index in [1.54, 1.807) is 0 Å². The maximum absolute atomic E-state index is 8.75. The Labute approximate surface area is 75.8 Å². The van der Waals surface area contributed by atoms with Crippen LogP contribution in [-0.2, 0) is 0 Å². The third kappa shape index (κ3) is 2.75. The van der Waals surface area contributed by atoms with Gasteiger partial charge in [-0.25, -0.2) is 4.98 Å². The number of nitrogens with zero attached hydrogens (tertiary/aromatic N) is 2. The Morgan fingerprint density at radius 3 is 2.92 bits per heavy atom. The van der Waals surface area contributed by atoms with E-state index in [2.05, 4.69) is 14.7 Å². The number of aromatic nitrogens is 2. The van der Waals surface area contributed by atoms with Crippen molar-refractivity contribution in [1.29, 1.82) is 0 Å². The maximum Gasteiger partial charge on any atom is 0.202 e. The molecule has 1 heterocycles. The van der Waals surface area contributed by atoms with Crippen molar-refractivity contribution in [2.45, 2.75) is 13.8 Å². The minimum Gasteiger partial charge on any atom is -0.396 e. The molecule has 0 aromatic carbocycles. The number of anilines is 1. The van der Waals surface area contributed by atoms with Crippen LogP contribution in [0.1, 0.15) is 12.7 Å². The normalized spacial score (nSPS) is 12.9. The predicted octanol–water partition coefficient (Wildman–Crippen LogP) is 0.887. The van der Waals surface area contributed by atoms with Crippen molar-refractivity contribution >= 4 is 16.7 Å². The van der Waals surface area contributed by atoms with E-state index in [4.69, 9.17) is 5.11 Å². The molecule has 0 radical (unpaired) electrons. The van der Waals surface area contributed by atoms with Crippen molar-refractivity contribution in [3.05, 3.63) is 5.82 Å². The van der Waals surface area contributed by atoms with E-state index >= 15 is 0 Å². The Morgan fingerprint density at radius 1 is 1.67 bits per heavy atom. The topological polar surface area (TPSA) is 58.0 Å². The van der Waals surface area contributed by atoms with Gasteiger partial charge in [0.2, 0.25) is 5.13 Å². The molecule has 0 fully saturated rings. The zero-order valence-electron chi connectivity index (χ0n) is 7.24. The van der Waals surface area contributed by atoms with E-state index in [1.807, 2.05) is 13.8 Å². The average molecular weight is 187 g/mol. The Balaban J connectivity index is 2.33. The molecule has 1 aromatic heterocycles. The molecular formula is C7H13N3OS. The van der Waals surface area contributed by atoms with Gasteiger partial charge in [0.25, 0.3) is 0 Å². The first-order valence-corrected chi connectivity index (χ1v) is 4.64. The molecule has 0 saturated carbocycles. The lowest BCUT2D eigenvalue weighted by molar-refractivity contribution is 0.244. The number of hydrogen-bond acceptors (Lipinski definition) is 5. The molecule has 0 aliphatic rings. The van der Waals surface area contributed by atoms with Gasteiger partial charge in [0.05, 0.1) is 0 Å². The van der Waals surface area contributed by atoms with Crippen LogP contribution in [-0.4, -0.2) is 27.6 Å². The Kier molecular flexibility index (Phi) is 3.43. The second-order valence-electron chi connectivity index (χ2n) is 2.82. The lowest BCUT2D eigenvalue weighted by atomic mass is 10.2. The summed E-state index contributed by atoms with van der Waals surface area (Å²) in [4.78, 5) is 4.13. The van der Waals surface area contributed by atoms with E-state index in [-0.39, 0.29) is 12.5 Å². The highest BCUT2D eigenvalue weighted by Gasteiger charge is 2.02. The zero-order chi connectivity index (χ0) is 8.97. The molecular weight excluding hydrogens is 174 g/mol. The van der Waals surface area contributed by atoms with Gasteiger partial charge in [0.1, 0.15) is 5.82 Å². The maximum atomic E-state index is 8.75. The summed E-state index contributed by atoms with van der Waals surface area (Å²) in [6.07, 6.45) is 0. The van der Waals surface area contributed by atoms with Gasteiger partial charge in [-0.2, -0.15) is 4.37 Å². The number of hydrogen-bond donors (Lipinski definition) is 2. The van der Waals surface area contributed by atoms with E-state index in [1.165, 1.54) is 11.5 Å². The molecule has 0 bridgehead atoms. The van der Waals surface area contributed by atoms with Crippen molar-refractivity contribution < 1.29 is 5.11 Å². The van der Waals surface area contributed by atoms with Crippen LogP contribution in [0.2, 0.25) is 0 Å². The fraction of sp³-hybridized carbons (Fsp3) is 0.714. The summed E-state index contributed by atoms with van der Waals surface area (Å²) < 4.78 is 4.03. The zero-order valence-corrected chi connectivity index (χ0v) is 8.06. The minimum atomic E-state index is 0.199. The molecule has 1 aromatic rings. The quantitative estimate of drug-likeness (QED) is 0.735. The molecule has 1 rings (SSSR count). The van der Waals surface area contributed by atoms with Crippen molar-refractivity contribution in [2.75, 3.05) is 18.5 Å². The highest BCUT2D eigenvalue weighted by Crippen LogP contribution is 2.10. The molecule has 0 spiro atoms. The van der Waals surface area contributed by atoms with E-state index < -0.39 is 0 Å². The molecule has 2 N–H and O–H groups in total. The van der Waals surface area contributed by atoms with Gasteiger partial charge >= 0.3 is 0 Å². The van der Waals surface area contributed by atoms with Crippen LogP contribution in [0.4, 0.5) is 5.13 Å². The van der Waals surface area contributed by atoms with Crippen molar-refractivity contribution in [2.24, 2.45) is 5.92 Å². The number of aliphatic hydroxyl groups is 1. The first-order chi connectivity index (χ1) is 5.72. The first kappa shape index (κ1) is 9.41. The van der Waals surface area contributed by atoms with E-state index in [9.17, 15) is 0 Å². The molecule has 12 heavy (non-hydrogen) atoms. The lowest BCUT2D eigenvalue weighted by Gasteiger charge is -2.06. The van der Waals surface area contributed by atoms with Gasteiger partial charge in [0.15, 0.2) is 0 Å². The Hall–Kier alpha value is -0.680. The van der Waals surface area contributed by atoms with Crippen molar-refractivity contribution in [3.8, 4) is 0 Å². The summed E-state index contributed by atoms with van der Waals surface area (Å²) in [7, 11) is 0. The largest absolute Gasteiger partial charge is 0.396 e. The van der Waals surface area contributed by atoms with Gasteiger partial charge < -0.3 is 10.4 Å². The van der Waals surface area contributed by atoms with Crippen LogP contribution in [0.5, 0.6) is 0 Å². The standard InChI is InChI=1S/C7H13N3OS/c1-5(4-11)3-8-7-9-6(2)10-12-7/h5,11H,3-4H2,1-2H3,(H,8,9,10). The minimum absolute atomic E-state index is 0.199. The highest BCUT2D eigenvalue weighted by molar-refractivity contribution is 7.09. The highest BCUT2D eigenvalue weighted by atomic mass is 32.1. The fourth-order valence-corrected chi connectivity index (χ4v) is 1.28. The van der Waals surface area contributed by atoms with E-state index in [0.717, 1.165) is 17.5 Å². The van der Waals surface area contributed by atoms with Gasteiger partial charge in [-0.3, -0.25) is 0 Å². The molecule has 1 atom stereocenters. The Bertz CT molecular complexity index is 238. The average Bonchev–Trinajstić information content (AvgIpc) is 2.47. The predicted molar refractivity (Wildman–Crippen MR) is 49.4 cm³/mol. The van der Waals surface area contributed by atoms with Crippen LogP contribution < -0.4 is 5.32 Å². The van der Waals surface area contributed by atoms with Gasteiger partial charge in [-0.15, -0.1) is 0 Å². The summed E-state index contributed by atoms with van der Waals surface area (Å²) in [5.41, 5.74) is 0. The molecule has 68 valence electrons. The second-order valence-corrected chi connectivity index (χ2v) is 3.57. The van der Waals surface area contributed by atoms with Gasteiger partial charge in [0, 0.05) is 24.7 Å². The monoisotopic (exact) mass is 187 g/mol. The molecule has 0 saturated heterocycles. The first-order valence-electron chi connectivity index (χ1n) is 3.87. The molecule has 0 aliphatic carbocycles. The third-order valence-electron chi connectivity index (χ3n) is 1.44. The molecule has 5 heteroatoms. The summed E-state index contributed by atoms with van der Waals surface area (Å²) in [6.45, 7) is 4.77. The number of nitrogens with one attached hydrogen (secondary N) is 1. The molecule has 4 nitrogen and oxygen atoms in total. The molecule has 0 amide bonds. The number of aliphatic hydroxyl groups excluding tert-OH is 1. The Morgan fingerprint density at radius 2 is 2.42 bits per heavy atom.